The highest BCUT2D eigenvalue weighted by atomic mass is 32.2. The Hall–Kier alpha value is -1.47. The molecule has 1 aromatic carbocycles. The summed E-state index contributed by atoms with van der Waals surface area (Å²) in [6, 6.07) is 4.10. The molecule has 0 radical (unpaired) electrons. The van der Waals surface area contributed by atoms with Crippen molar-refractivity contribution in [3.63, 3.8) is 0 Å². The fourth-order valence-corrected chi connectivity index (χ4v) is 6.00. The van der Waals surface area contributed by atoms with Gasteiger partial charge in [0.1, 0.15) is 0 Å². The van der Waals surface area contributed by atoms with E-state index in [9.17, 15) is 18.5 Å². The Morgan fingerprint density at radius 2 is 1.87 bits per heavy atom. The molecule has 2 aliphatic rings. The van der Waals surface area contributed by atoms with Gasteiger partial charge in [0.15, 0.2) is 0 Å². The van der Waals surface area contributed by atoms with Gasteiger partial charge in [0.25, 0.3) is 5.69 Å². The lowest BCUT2D eigenvalue weighted by atomic mass is 9.79. The summed E-state index contributed by atoms with van der Waals surface area (Å²) in [5.41, 5.74) is 0.368. The van der Waals surface area contributed by atoms with Crippen molar-refractivity contribution in [1.82, 2.24) is 4.31 Å². The fraction of sp³-hybridized carbons (Fsp3) is 0.625. The Labute approximate surface area is 136 Å². The van der Waals surface area contributed by atoms with Gasteiger partial charge in [0, 0.05) is 24.7 Å². The molecule has 1 saturated heterocycles. The first-order valence-electron chi connectivity index (χ1n) is 8.18. The molecule has 0 spiro atoms. The number of non-ortho nitro benzene ring substituents is 1. The van der Waals surface area contributed by atoms with E-state index in [0.29, 0.717) is 18.0 Å². The number of hydrogen-bond donors (Lipinski definition) is 0. The Balaban J connectivity index is 1.96. The van der Waals surface area contributed by atoms with Crippen molar-refractivity contribution in [2.24, 2.45) is 5.92 Å². The molecule has 0 aromatic heterocycles. The summed E-state index contributed by atoms with van der Waals surface area (Å²) in [4.78, 5) is 10.6. The molecule has 126 valence electrons. The quantitative estimate of drug-likeness (QED) is 0.626. The molecule has 7 heteroatoms. The highest BCUT2D eigenvalue weighted by molar-refractivity contribution is 7.89. The third-order valence-electron chi connectivity index (χ3n) is 5.15. The normalized spacial score (nSPS) is 25.8. The lowest BCUT2D eigenvalue weighted by Crippen LogP contribution is -2.49. The highest BCUT2D eigenvalue weighted by Gasteiger charge is 2.40. The van der Waals surface area contributed by atoms with Crippen molar-refractivity contribution in [2.75, 3.05) is 6.54 Å². The number of nitro benzene ring substituents is 1. The Kier molecular flexibility index (Phi) is 4.42. The summed E-state index contributed by atoms with van der Waals surface area (Å²) < 4.78 is 27.9. The van der Waals surface area contributed by atoms with Gasteiger partial charge in [0.05, 0.1) is 9.82 Å². The molecular weight excluding hydrogens is 316 g/mol. The first-order chi connectivity index (χ1) is 10.9. The van der Waals surface area contributed by atoms with Crippen molar-refractivity contribution >= 4 is 15.7 Å². The van der Waals surface area contributed by atoms with Gasteiger partial charge >= 0.3 is 0 Å². The van der Waals surface area contributed by atoms with Crippen LogP contribution in [0, 0.1) is 23.0 Å². The van der Waals surface area contributed by atoms with Crippen LogP contribution >= 0.6 is 0 Å². The zero-order valence-electron chi connectivity index (χ0n) is 13.3. The van der Waals surface area contributed by atoms with Crippen LogP contribution in [-0.2, 0) is 10.0 Å². The number of rotatable bonds is 3. The summed E-state index contributed by atoms with van der Waals surface area (Å²) in [5, 5.41) is 10.8. The minimum atomic E-state index is -3.59. The maximum absolute atomic E-state index is 13.1. The number of benzene rings is 1. The summed E-state index contributed by atoms with van der Waals surface area (Å²) in [7, 11) is -3.59. The predicted octanol–water partition coefficient (Wildman–Crippen LogP) is 3.25. The van der Waals surface area contributed by atoms with Gasteiger partial charge in [-0.1, -0.05) is 12.8 Å². The first-order valence-corrected chi connectivity index (χ1v) is 9.62. The van der Waals surface area contributed by atoms with Crippen molar-refractivity contribution in [2.45, 2.75) is 56.4 Å². The molecule has 0 N–H and O–H groups in total. The van der Waals surface area contributed by atoms with Crippen LogP contribution in [0.15, 0.2) is 23.1 Å². The number of nitrogens with zero attached hydrogens (tertiary/aromatic N) is 2. The number of nitro groups is 1. The van der Waals surface area contributed by atoms with Gasteiger partial charge in [-0.3, -0.25) is 10.1 Å². The second-order valence-corrected chi connectivity index (χ2v) is 8.44. The van der Waals surface area contributed by atoms with E-state index in [-0.39, 0.29) is 16.6 Å². The zero-order chi connectivity index (χ0) is 16.6. The van der Waals surface area contributed by atoms with Gasteiger partial charge in [-0.05, 0) is 50.2 Å². The fourth-order valence-electron chi connectivity index (χ4n) is 4.04. The lowest BCUT2D eigenvalue weighted by molar-refractivity contribution is -0.385. The summed E-state index contributed by atoms with van der Waals surface area (Å²) >= 11 is 0. The predicted molar refractivity (Wildman–Crippen MR) is 86.7 cm³/mol. The highest BCUT2D eigenvalue weighted by Crippen LogP contribution is 2.38. The zero-order valence-corrected chi connectivity index (χ0v) is 14.1. The van der Waals surface area contributed by atoms with E-state index in [2.05, 4.69) is 0 Å². The largest absolute Gasteiger partial charge is 0.269 e. The number of piperidine rings is 1. The molecule has 2 unspecified atom stereocenters. The second-order valence-electron chi connectivity index (χ2n) is 6.58. The number of sulfonamides is 1. The van der Waals surface area contributed by atoms with E-state index in [1.54, 1.807) is 11.2 Å². The number of fused-ring (bicyclic) bond motifs is 1. The van der Waals surface area contributed by atoms with Crippen LogP contribution in [0.5, 0.6) is 0 Å². The number of hydrogen-bond acceptors (Lipinski definition) is 4. The topological polar surface area (TPSA) is 80.5 Å². The second kappa shape index (κ2) is 6.20. The molecule has 1 heterocycles. The van der Waals surface area contributed by atoms with Gasteiger partial charge < -0.3 is 0 Å². The molecule has 1 saturated carbocycles. The van der Waals surface area contributed by atoms with Gasteiger partial charge in [-0.2, -0.15) is 4.31 Å². The van der Waals surface area contributed by atoms with Crippen LogP contribution in [-0.4, -0.2) is 30.2 Å². The first kappa shape index (κ1) is 16.4. The number of aryl methyl sites for hydroxylation is 1. The van der Waals surface area contributed by atoms with Crippen LogP contribution < -0.4 is 0 Å². The van der Waals surface area contributed by atoms with Crippen molar-refractivity contribution in [3.8, 4) is 0 Å². The molecular formula is C16H22N2O4S. The summed E-state index contributed by atoms with van der Waals surface area (Å²) in [6.07, 6.45) is 6.30. The average molecular weight is 338 g/mol. The molecule has 0 amide bonds. The van der Waals surface area contributed by atoms with Crippen molar-refractivity contribution in [3.05, 3.63) is 33.9 Å². The molecule has 2 atom stereocenters. The minimum absolute atomic E-state index is 0.0735. The molecule has 3 rings (SSSR count). The Morgan fingerprint density at radius 1 is 1.17 bits per heavy atom. The minimum Gasteiger partial charge on any atom is -0.258 e. The molecule has 1 aliphatic carbocycles. The maximum atomic E-state index is 13.1. The summed E-state index contributed by atoms with van der Waals surface area (Å²) in [5.74, 6) is 0.464. The van der Waals surface area contributed by atoms with E-state index >= 15 is 0 Å². The van der Waals surface area contributed by atoms with E-state index in [4.69, 9.17) is 0 Å². The van der Waals surface area contributed by atoms with E-state index in [1.165, 1.54) is 24.6 Å². The van der Waals surface area contributed by atoms with Gasteiger partial charge in [-0.25, -0.2) is 8.42 Å². The van der Waals surface area contributed by atoms with Crippen LogP contribution in [0.1, 0.15) is 44.1 Å². The molecule has 1 aliphatic heterocycles. The SMILES string of the molecule is Cc1cc([N+](=O)[O-])ccc1S(=O)(=O)N1CCCC2CCCCC21. The van der Waals surface area contributed by atoms with E-state index < -0.39 is 14.9 Å². The molecule has 23 heavy (non-hydrogen) atoms. The summed E-state index contributed by atoms with van der Waals surface area (Å²) in [6.45, 7) is 2.18. The molecule has 6 nitrogen and oxygen atoms in total. The lowest BCUT2D eigenvalue weighted by Gasteiger charge is -2.43. The van der Waals surface area contributed by atoms with E-state index in [0.717, 1.165) is 32.1 Å². The van der Waals surface area contributed by atoms with Crippen molar-refractivity contribution < 1.29 is 13.3 Å². The van der Waals surface area contributed by atoms with E-state index in [1.807, 2.05) is 0 Å². The molecule has 1 aromatic rings. The smallest absolute Gasteiger partial charge is 0.258 e. The third-order valence-corrected chi connectivity index (χ3v) is 7.23. The molecule has 2 fully saturated rings. The standard InChI is InChI=1S/C16H22N2O4S/c1-12-11-14(18(19)20)8-9-16(12)23(21,22)17-10-4-6-13-5-2-3-7-15(13)17/h8-9,11,13,15H,2-7,10H2,1H3. The van der Waals surface area contributed by atoms with Crippen LogP contribution in [0.4, 0.5) is 5.69 Å². The Bertz CT molecular complexity index is 715. The average Bonchev–Trinajstić information content (AvgIpc) is 2.53. The Morgan fingerprint density at radius 3 is 2.57 bits per heavy atom. The van der Waals surface area contributed by atoms with Gasteiger partial charge in [-0.15, -0.1) is 0 Å². The van der Waals surface area contributed by atoms with Gasteiger partial charge in [0.2, 0.25) is 10.0 Å². The monoisotopic (exact) mass is 338 g/mol. The van der Waals surface area contributed by atoms with Crippen LogP contribution in [0.3, 0.4) is 0 Å². The van der Waals surface area contributed by atoms with Crippen LogP contribution in [0.2, 0.25) is 0 Å². The van der Waals surface area contributed by atoms with Crippen molar-refractivity contribution in [1.29, 1.82) is 0 Å². The maximum Gasteiger partial charge on any atom is 0.269 e. The third kappa shape index (κ3) is 2.99. The molecule has 0 bridgehead atoms. The van der Waals surface area contributed by atoms with Crippen LogP contribution in [0.25, 0.3) is 0 Å².